The van der Waals surface area contributed by atoms with Crippen molar-refractivity contribution in [3.8, 4) is 6.07 Å². The van der Waals surface area contributed by atoms with E-state index in [1.807, 2.05) is 6.07 Å². The maximum absolute atomic E-state index is 12.1. The zero-order chi connectivity index (χ0) is 23.5. The fraction of sp³-hybridized carbons (Fsp3) is 0.583. The Bertz CT molecular complexity index is 939. The summed E-state index contributed by atoms with van der Waals surface area (Å²) >= 11 is 0. The molecule has 0 radical (unpaired) electrons. The van der Waals surface area contributed by atoms with Crippen LogP contribution in [0.3, 0.4) is 0 Å². The molecule has 0 saturated carbocycles. The molecule has 3 rings (SSSR count). The van der Waals surface area contributed by atoms with Crippen LogP contribution in [-0.4, -0.2) is 65.2 Å². The van der Waals surface area contributed by atoms with E-state index in [-0.39, 0.29) is 18.5 Å². The minimum Gasteiger partial charge on any atom is -0.380 e. The molecule has 1 aliphatic heterocycles. The summed E-state index contributed by atoms with van der Waals surface area (Å²) in [6.07, 6.45) is 9.19. The minimum atomic E-state index is -0.366. The van der Waals surface area contributed by atoms with Gasteiger partial charge in [0.05, 0.1) is 24.1 Å². The minimum absolute atomic E-state index is 0.124. The molecule has 0 amide bonds. The van der Waals surface area contributed by atoms with Crippen molar-refractivity contribution in [3.63, 3.8) is 0 Å². The second kappa shape index (κ2) is 12.9. The van der Waals surface area contributed by atoms with Crippen LogP contribution in [0.4, 0.5) is 5.82 Å². The van der Waals surface area contributed by atoms with Crippen LogP contribution in [0, 0.1) is 11.3 Å². The highest BCUT2D eigenvalue weighted by Crippen LogP contribution is 2.20. The summed E-state index contributed by atoms with van der Waals surface area (Å²) in [5, 5.41) is 16.0. The van der Waals surface area contributed by atoms with Crippen LogP contribution in [0.25, 0.3) is 0 Å². The lowest BCUT2D eigenvalue weighted by Gasteiger charge is -2.25. The molecule has 0 spiro atoms. The molecule has 1 aliphatic rings. The van der Waals surface area contributed by atoms with E-state index in [4.69, 9.17) is 19.8 Å². The molecule has 0 aromatic carbocycles. The summed E-state index contributed by atoms with van der Waals surface area (Å²) in [6.45, 7) is 5.60. The lowest BCUT2D eigenvalue weighted by Crippen LogP contribution is -2.34. The number of unbranched alkanes of at least 4 members (excludes halogenated alkanes) is 1. The van der Waals surface area contributed by atoms with Crippen molar-refractivity contribution in [2.75, 3.05) is 38.6 Å². The monoisotopic (exact) mass is 454 g/mol. The van der Waals surface area contributed by atoms with E-state index >= 15 is 0 Å². The molecular formula is C24H34N6O3. The van der Waals surface area contributed by atoms with Crippen molar-refractivity contribution in [2.24, 2.45) is 0 Å². The Labute approximate surface area is 195 Å². The lowest BCUT2D eigenvalue weighted by atomic mass is 10.1. The van der Waals surface area contributed by atoms with Crippen molar-refractivity contribution in [1.29, 1.82) is 5.26 Å². The highest BCUT2D eigenvalue weighted by Gasteiger charge is 2.13. The number of fused-ring (bicyclic) bond motifs is 1. The number of pyridine rings is 1. The Kier molecular flexibility index (Phi) is 9.66. The SMILES string of the molecule is CO[C@H](C)CN(CCCCc1ccc2c(n1)NCCC2)CCCC(=O)On1cc(C#N)cn1. The van der Waals surface area contributed by atoms with Gasteiger partial charge in [-0.05, 0) is 70.2 Å². The zero-order valence-corrected chi connectivity index (χ0v) is 19.6. The number of ether oxygens (including phenoxy) is 1. The first-order chi connectivity index (χ1) is 16.1. The van der Waals surface area contributed by atoms with E-state index in [2.05, 4.69) is 34.4 Å². The van der Waals surface area contributed by atoms with Gasteiger partial charge in [0.1, 0.15) is 11.9 Å². The molecule has 9 nitrogen and oxygen atoms in total. The van der Waals surface area contributed by atoms with E-state index in [1.165, 1.54) is 24.4 Å². The first-order valence-electron chi connectivity index (χ1n) is 11.7. The molecule has 0 saturated heterocycles. The Morgan fingerprint density at radius 1 is 1.33 bits per heavy atom. The number of methoxy groups -OCH3 is 1. The fourth-order valence-corrected chi connectivity index (χ4v) is 3.89. The van der Waals surface area contributed by atoms with Crippen LogP contribution in [-0.2, 0) is 22.4 Å². The molecule has 2 aromatic heterocycles. The Morgan fingerprint density at radius 2 is 2.18 bits per heavy atom. The van der Waals surface area contributed by atoms with Crippen molar-refractivity contribution >= 4 is 11.8 Å². The van der Waals surface area contributed by atoms with E-state index in [9.17, 15) is 4.79 Å². The maximum atomic E-state index is 12.1. The summed E-state index contributed by atoms with van der Waals surface area (Å²) < 4.78 is 5.44. The number of hydrogen-bond acceptors (Lipinski definition) is 8. The Hall–Kier alpha value is -2.96. The second-order valence-electron chi connectivity index (χ2n) is 8.45. The first kappa shape index (κ1) is 24.7. The quantitative estimate of drug-likeness (QED) is 0.461. The summed E-state index contributed by atoms with van der Waals surface area (Å²) in [5.41, 5.74) is 2.81. The molecule has 9 heteroatoms. The number of aryl methyl sites for hydroxylation is 2. The number of nitrogens with one attached hydrogen (secondary N) is 1. The molecule has 33 heavy (non-hydrogen) atoms. The standard InChI is InChI=1S/C24H34N6O3/c1-19(32-2)17-29(14-6-9-23(31)33-30-18-20(15-25)16-27-30)13-4-3-8-22-11-10-21-7-5-12-26-24(21)28-22/h10-11,16,18-19H,3-9,12-14,17H2,1-2H3,(H,26,28)/t19-/m1/s1. The molecule has 1 atom stereocenters. The van der Waals surface area contributed by atoms with Crippen molar-refractivity contribution in [2.45, 2.75) is 58.0 Å². The molecular weight excluding hydrogens is 420 g/mol. The Balaban J connectivity index is 1.39. The smallest absolute Gasteiger partial charge is 0.335 e. The Morgan fingerprint density at radius 3 is 2.97 bits per heavy atom. The maximum Gasteiger partial charge on any atom is 0.335 e. The average molecular weight is 455 g/mol. The van der Waals surface area contributed by atoms with Crippen LogP contribution in [0.5, 0.6) is 0 Å². The highest BCUT2D eigenvalue weighted by atomic mass is 16.7. The number of nitriles is 1. The van der Waals surface area contributed by atoms with Crippen molar-refractivity contribution in [1.82, 2.24) is 19.8 Å². The van der Waals surface area contributed by atoms with Crippen LogP contribution in [0.15, 0.2) is 24.5 Å². The first-order valence-corrected chi connectivity index (χ1v) is 11.7. The normalized spacial score (nSPS) is 13.8. The van der Waals surface area contributed by atoms with Gasteiger partial charge in [-0.3, -0.25) is 0 Å². The molecule has 0 bridgehead atoms. The molecule has 0 unspecified atom stereocenters. The fourth-order valence-electron chi connectivity index (χ4n) is 3.89. The number of anilines is 1. The number of carbonyl (C=O) groups excluding carboxylic acids is 1. The summed E-state index contributed by atoms with van der Waals surface area (Å²) in [6, 6.07) is 6.31. The molecule has 0 fully saturated rings. The summed E-state index contributed by atoms with van der Waals surface area (Å²) in [4.78, 5) is 25.4. The molecule has 2 aromatic rings. The number of aromatic nitrogens is 3. The van der Waals surface area contributed by atoms with Crippen molar-refractivity contribution in [3.05, 3.63) is 41.3 Å². The average Bonchev–Trinajstić information content (AvgIpc) is 3.28. The van der Waals surface area contributed by atoms with Crippen LogP contribution >= 0.6 is 0 Å². The van der Waals surface area contributed by atoms with Gasteiger partial charge in [-0.25, -0.2) is 9.78 Å². The summed E-state index contributed by atoms with van der Waals surface area (Å²) in [5.74, 6) is 0.689. The van der Waals surface area contributed by atoms with Gasteiger partial charge in [-0.15, -0.1) is 5.10 Å². The van der Waals surface area contributed by atoms with Gasteiger partial charge < -0.3 is 19.8 Å². The molecule has 178 valence electrons. The number of rotatable bonds is 13. The van der Waals surface area contributed by atoms with E-state index < -0.39 is 0 Å². The van der Waals surface area contributed by atoms with Crippen LogP contribution < -0.4 is 10.2 Å². The molecule has 1 N–H and O–H groups in total. The second-order valence-corrected chi connectivity index (χ2v) is 8.45. The third-order valence-corrected chi connectivity index (χ3v) is 5.77. The largest absolute Gasteiger partial charge is 0.380 e. The van der Waals surface area contributed by atoms with Gasteiger partial charge in [0, 0.05) is 32.3 Å². The number of nitrogens with zero attached hydrogens (tertiary/aromatic N) is 5. The van der Waals surface area contributed by atoms with Crippen molar-refractivity contribution < 1.29 is 14.4 Å². The third-order valence-electron chi connectivity index (χ3n) is 5.77. The molecule has 3 heterocycles. The predicted octanol–water partition coefficient (Wildman–Crippen LogP) is 2.60. The van der Waals surface area contributed by atoms with Gasteiger partial charge in [0.15, 0.2) is 0 Å². The van der Waals surface area contributed by atoms with Crippen LogP contribution in [0.2, 0.25) is 0 Å². The third kappa shape index (κ3) is 8.15. The van der Waals surface area contributed by atoms with Gasteiger partial charge in [-0.1, -0.05) is 10.9 Å². The van der Waals surface area contributed by atoms with Gasteiger partial charge in [-0.2, -0.15) is 5.26 Å². The van der Waals surface area contributed by atoms with Gasteiger partial charge >= 0.3 is 5.97 Å². The number of hydrogen-bond donors (Lipinski definition) is 1. The van der Waals surface area contributed by atoms with E-state index in [0.29, 0.717) is 12.0 Å². The highest BCUT2D eigenvalue weighted by molar-refractivity contribution is 5.69. The predicted molar refractivity (Wildman–Crippen MR) is 125 cm³/mol. The van der Waals surface area contributed by atoms with Gasteiger partial charge in [0.2, 0.25) is 0 Å². The zero-order valence-electron chi connectivity index (χ0n) is 19.6. The topological polar surface area (TPSA) is 105 Å². The lowest BCUT2D eigenvalue weighted by molar-refractivity contribution is -0.146. The molecule has 0 aliphatic carbocycles. The van der Waals surface area contributed by atoms with E-state index in [0.717, 1.165) is 68.2 Å². The van der Waals surface area contributed by atoms with Crippen LogP contribution in [0.1, 0.15) is 55.8 Å². The summed E-state index contributed by atoms with van der Waals surface area (Å²) in [7, 11) is 1.72. The number of carbonyl (C=O) groups is 1. The van der Waals surface area contributed by atoms with Gasteiger partial charge in [0.25, 0.3) is 0 Å². The van der Waals surface area contributed by atoms with E-state index in [1.54, 1.807) is 7.11 Å².